The number of carbonyl (C=O) groups is 1. The number of halogens is 3. The Labute approximate surface area is 134 Å². The van der Waals surface area contributed by atoms with E-state index in [-0.39, 0.29) is 5.92 Å². The van der Waals surface area contributed by atoms with Crippen LogP contribution in [0.3, 0.4) is 0 Å². The number of benzene rings is 1. The monoisotopic (exact) mass is 346 g/mol. The van der Waals surface area contributed by atoms with Gasteiger partial charge in [-0.25, -0.2) is 0 Å². The van der Waals surface area contributed by atoms with Gasteiger partial charge in [-0.05, 0) is 37.3 Å². The Balaban J connectivity index is 2.42. The molecule has 0 bridgehead atoms. The van der Waals surface area contributed by atoms with Crippen molar-refractivity contribution >= 4 is 14.3 Å². The Morgan fingerprint density at radius 3 is 2.09 bits per heavy atom. The summed E-state index contributed by atoms with van der Waals surface area (Å²) in [6, 6.07) is 4.87. The van der Waals surface area contributed by atoms with Crippen molar-refractivity contribution in [2.45, 2.75) is 38.3 Å². The Kier molecular flexibility index (Phi) is 4.41. The first-order valence-electron chi connectivity index (χ1n) is 7.39. The largest absolute Gasteiger partial charge is 0.469 e. The van der Waals surface area contributed by atoms with Crippen molar-refractivity contribution in [3.8, 4) is 0 Å². The summed E-state index contributed by atoms with van der Waals surface area (Å²) in [5.74, 6) is -1.02. The minimum atomic E-state index is -4.39. The van der Waals surface area contributed by atoms with Crippen LogP contribution < -0.4 is 0 Å². The fourth-order valence-electron chi connectivity index (χ4n) is 3.12. The third-order valence-electron chi connectivity index (χ3n) is 4.12. The molecule has 7 heteroatoms. The first-order chi connectivity index (χ1) is 10.4. The summed E-state index contributed by atoms with van der Waals surface area (Å²) in [5, 5.41) is 0. The topological polar surface area (TPSA) is 35.5 Å². The van der Waals surface area contributed by atoms with E-state index < -0.39 is 37.5 Å². The molecule has 0 saturated heterocycles. The Hall–Kier alpha value is -1.34. The van der Waals surface area contributed by atoms with Crippen LogP contribution in [0.4, 0.5) is 13.2 Å². The predicted molar refractivity (Wildman–Crippen MR) is 82.2 cm³/mol. The number of hydrogen-bond acceptors (Lipinski definition) is 3. The Bertz CT molecular complexity index is 592. The van der Waals surface area contributed by atoms with Gasteiger partial charge in [-0.1, -0.05) is 19.1 Å². The summed E-state index contributed by atoms with van der Waals surface area (Å²) in [6.07, 6.45) is -4.39. The average molecular weight is 346 g/mol. The van der Waals surface area contributed by atoms with Crippen LogP contribution in [0.25, 0.3) is 0 Å². The number of methoxy groups -OCH3 is 1. The number of alkyl halides is 3. The van der Waals surface area contributed by atoms with Crippen LogP contribution in [0.15, 0.2) is 24.3 Å². The first kappa shape index (κ1) is 18.0. The molecule has 1 aromatic rings. The number of carbonyl (C=O) groups excluding carboxylic acids is 1. The van der Waals surface area contributed by atoms with Crippen molar-refractivity contribution in [3.05, 3.63) is 35.4 Å². The number of ether oxygens (including phenoxy) is 1. The SMILES string of the molecule is COC(=O)[C@@H]1[C@@H](C)[C@@]1(O[Si](C)(C)C)c1ccc(C(F)(F)F)cc1. The lowest BCUT2D eigenvalue weighted by Gasteiger charge is -2.28. The maximum absolute atomic E-state index is 12.7. The lowest BCUT2D eigenvalue weighted by atomic mass is 10.0. The van der Waals surface area contributed by atoms with Gasteiger partial charge in [-0.15, -0.1) is 0 Å². The molecule has 0 unspecified atom stereocenters. The van der Waals surface area contributed by atoms with Gasteiger partial charge in [0.05, 0.1) is 24.2 Å². The van der Waals surface area contributed by atoms with Gasteiger partial charge in [0.25, 0.3) is 0 Å². The van der Waals surface area contributed by atoms with E-state index in [0.29, 0.717) is 5.56 Å². The van der Waals surface area contributed by atoms with E-state index in [0.717, 1.165) is 12.1 Å². The molecule has 1 aliphatic rings. The summed E-state index contributed by atoms with van der Waals surface area (Å²) in [7, 11) is -0.730. The minimum Gasteiger partial charge on any atom is -0.469 e. The van der Waals surface area contributed by atoms with Crippen LogP contribution in [-0.2, 0) is 25.7 Å². The van der Waals surface area contributed by atoms with Gasteiger partial charge in [-0.2, -0.15) is 13.2 Å². The summed E-state index contributed by atoms with van der Waals surface area (Å²) in [5.41, 5.74) is -1.01. The molecule has 3 atom stereocenters. The zero-order valence-electron chi connectivity index (χ0n) is 13.8. The van der Waals surface area contributed by atoms with Gasteiger partial charge in [0.1, 0.15) is 0 Å². The molecule has 0 N–H and O–H groups in total. The lowest BCUT2D eigenvalue weighted by molar-refractivity contribution is -0.144. The second-order valence-corrected chi connectivity index (χ2v) is 11.3. The van der Waals surface area contributed by atoms with Crippen LogP contribution in [0.2, 0.25) is 19.6 Å². The normalized spacial score (nSPS) is 27.7. The zero-order chi connectivity index (χ0) is 17.6. The van der Waals surface area contributed by atoms with Crippen LogP contribution in [0.5, 0.6) is 0 Å². The van der Waals surface area contributed by atoms with Crippen molar-refractivity contribution in [2.24, 2.45) is 11.8 Å². The molecule has 1 aromatic carbocycles. The Morgan fingerprint density at radius 1 is 1.17 bits per heavy atom. The van der Waals surface area contributed by atoms with Gasteiger partial charge in [0, 0.05) is 5.92 Å². The predicted octanol–water partition coefficient (Wildman–Crippen LogP) is 4.19. The van der Waals surface area contributed by atoms with Gasteiger partial charge in [0.2, 0.25) is 0 Å². The van der Waals surface area contributed by atoms with Gasteiger partial charge < -0.3 is 9.16 Å². The molecule has 0 aliphatic heterocycles. The molecule has 1 saturated carbocycles. The first-order valence-corrected chi connectivity index (χ1v) is 10.8. The molecule has 23 heavy (non-hydrogen) atoms. The van der Waals surface area contributed by atoms with Crippen LogP contribution in [0.1, 0.15) is 18.1 Å². The van der Waals surface area contributed by atoms with E-state index in [4.69, 9.17) is 9.16 Å². The molecular weight excluding hydrogens is 325 g/mol. The maximum Gasteiger partial charge on any atom is 0.416 e. The lowest BCUT2D eigenvalue weighted by Crippen LogP contribution is -2.35. The highest BCUT2D eigenvalue weighted by Gasteiger charge is 2.69. The van der Waals surface area contributed by atoms with Crippen molar-refractivity contribution in [1.82, 2.24) is 0 Å². The summed E-state index contributed by atoms with van der Waals surface area (Å²) in [4.78, 5) is 12.0. The molecule has 1 fully saturated rings. The van der Waals surface area contributed by atoms with Crippen LogP contribution in [0, 0.1) is 11.8 Å². The molecule has 0 heterocycles. The Morgan fingerprint density at radius 2 is 1.70 bits per heavy atom. The molecule has 3 nitrogen and oxygen atoms in total. The van der Waals surface area contributed by atoms with Gasteiger partial charge in [-0.3, -0.25) is 4.79 Å². The summed E-state index contributed by atoms with van der Waals surface area (Å²) in [6.45, 7) is 7.81. The van der Waals surface area contributed by atoms with E-state index >= 15 is 0 Å². The van der Waals surface area contributed by atoms with Crippen molar-refractivity contribution in [2.75, 3.05) is 7.11 Å². The highest BCUT2D eigenvalue weighted by molar-refractivity contribution is 6.69. The third kappa shape index (κ3) is 3.30. The third-order valence-corrected chi connectivity index (χ3v) is 5.07. The second-order valence-electron chi connectivity index (χ2n) is 6.87. The second kappa shape index (κ2) is 5.63. The number of hydrogen-bond donors (Lipinski definition) is 0. The highest BCUT2D eigenvalue weighted by atomic mass is 28.4. The van der Waals surface area contributed by atoms with Gasteiger partial charge >= 0.3 is 12.1 Å². The fraction of sp³-hybridized carbons (Fsp3) is 0.562. The summed E-state index contributed by atoms with van der Waals surface area (Å²) >= 11 is 0. The highest BCUT2D eigenvalue weighted by Crippen LogP contribution is 2.62. The smallest absolute Gasteiger partial charge is 0.416 e. The number of esters is 1. The van der Waals surface area contributed by atoms with Crippen LogP contribution in [-0.4, -0.2) is 21.4 Å². The van der Waals surface area contributed by atoms with Gasteiger partial charge in [0.15, 0.2) is 8.32 Å². The van der Waals surface area contributed by atoms with E-state index in [2.05, 4.69) is 0 Å². The molecule has 0 radical (unpaired) electrons. The van der Waals surface area contributed by atoms with E-state index in [1.807, 2.05) is 26.6 Å². The molecule has 0 spiro atoms. The molecule has 2 rings (SSSR count). The fourth-order valence-corrected chi connectivity index (χ4v) is 4.56. The summed E-state index contributed by atoms with van der Waals surface area (Å²) < 4.78 is 49.3. The van der Waals surface area contributed by atoms with E-state index in [9.17, 15) is 18.0 Å². The van der Waals surface area contributed by atoms with Crippen LogP contribution >= 0.6 is 0 Å². The standard InChI is InChI=1S/C16H21F3O3Si/c1-10-13(14(20)21-2)15(10,22-23(3,4)5)11-6-8-12(9-7-11)16(17,18)19/h6-10,13H,1-5H3/t10-,13+,15-/m1/s1. The van der Waals surface area contributed by atoms with Crippen molar-refractivity contribution in [3.63, 3.8) is 0 Å². The number of rotatable bonds is 4. The van der Waals surface area contributed by atoms with Crippen molar-refractivity contribution < 1.29 is 27.1 Å². The van der Waals surface area contributed by atoms with Crippen molar-refractivity contribution in [1.29, 1.82) is 0 Å². The molecular formula is C16H21F3O3Si. The molecule has 128 valence electrons. The zero-order valence-corrected chi connectivity index (χ0v) is 14.8. The maximum atomic E-state index is 12.7. The molecule has 0 amide bonds. The molecule has 0 aromatic heterocycles. The van der Waals surface area contributed by atoms with E-state index in [1.165, 1.54) is 19.2 Å². The average Bonchev–Trinajstić information content (AvgIpc) is 3.00. The minimum absolute atomic E-state index is 0.140. The molecule has 1 aliphatic carbocycles. The van der Waals surface area contributed by atoms with E-state index in [1.54, 1.807) is 0 Å². The quantitative estimate of drug-likeness (QED) is 0.606.